The molecule has 5 rings (SSSR count). The first-order valence-corrected chi connectivity index (χ1v) is 9.76. The van der Waals surface area contributed by atoms with Crippen LogP contribution in [-0.2, 0) is 11.2 Å². The number of para-hydroxylation sites is 1. The smallest absolute Gasteiger partial charge is 0.423 e. The van der Waals surface area contributed by atoms with Crippen molar-refractivity contribution >= 4 is 33.9 Å². The molecule has 0 spiro atoms. The lowest BCUT2D eigenvalue weighted by atomic mass is 10.1. The van der Waals surface area contributed by atoms with Gasteiger partial charge in [0.25, 0.3) is 0 Å². The second-order valence-electron chi connectivity index (χ2n) is 7.23. The van der Waals surface area contributed by atoms with E-state index < -0.39 is 12.0 Å². The minimum atomic E-state index is -3.93. The second-order valence-corrected chi connectivity index (χ2v) is 7.23. The standard InChI is InChI=1S/C23H18F2N4O2/c24-23(25)22(30)29(12-9-15-14-27-19-4-2-1-3-18(15)19)20-6-5-17(13-21(20)31-23)28-16-7-10-26-11-8-16/h1-8,10-11,13-14,27H,9,12H2,(H,26,28). The molecular formula is C23H18F2N4O2. The van der Waals surface area contributed by atoms with Crippen molar-refractivity contribution in [3.8, 4) is 5.75 Å². The Morgan fingerprint density at radius 3 is 2.71 bits per heavy atom. The monoisotopic (exact) mass is 420 g/mol. The molecule has 1 aliphatic rings. The topological polar surface area (TPSA) is 70.2 Å². The largest absolute Gasteiger partial charge is 0.482 e. The summed E-state index contributed by atoms with van der Waals surface area (Å²) < 4.78 is 33.5. The number of H-pyrrole nitrogens is 1. The SMILES string of the molecule is O=C1N(CCc2c[nH]c3ccccc23)c2ccc(Nc3ccncc3)cc2OC1(F)F. The van der Waals surface area contributed by atoms with Gasteiger partial charge in [-0.05, 0) is 42.3 Å². The van der Waals surface area contributed by atoms with Gasteiger partial charge in [-0.1, -0.05) is 18.2 Å². The minimum absolute atomic E-state index is 0.0532. The predicted octanol–water partition coefficient (Wildman–Crippen LogP) is 4.87. The molecule has 31 heavy (non-hydrogen) atoms. The molecule has 3 heterocycles. The summed E-state index contributed by atoms with van der Waals surface area (Å²) in [6.45, 7) is 0.101. The van der Waals surface area contributed by atoms with Crippen molar-refractivity contribution in [1.29, 1.82) is 0 Å². The number of rotatable bonds is 5. The molecule has 6 nitrogen and oxygen atoms in total. The van der Waals surface area contributed by atoms with E-state index in [0.29, 0.717) is 17.8 Å². The van der Waals surface area contributed by atoms with Gasteiger partial charge in [-0.25, -0.2) is 0 Å². The van der Waals surface area contributed by atoms with Crippen LogP contribution in [0.15, 0.2) is 73.2 Å². The van der Waals surface area contributed by atoms with Gasteiger partial charge in [0.05, 0.1) is 5.69 Å². The van der Waals surface area contributed by atoms with E-state index in [9.17, 15) is 13.6 Å². The first kappa shape index (κ1) is 19.0. The maximum absolute atomic E-state index is 14.4. The van der Waals surface area contributed by atoms with E-state index in [1.807, 2.05) is 30.5 Å². The summed E-state index contributed by atoms with van der Waals surface area (Å²) in [5.74, 6) is -1.42. The summed E-state index contributed by atoms with van der Waals surface area (Å²) in [6.07, 6.45) is 1.58. The van der Waals surface area contributed by atoms with Gasteiger partial charge in [-0.2, -0.15) is 8.78 Å². The van der Waals surface area contributed by atoms with Crippen LogP contribution < -0.4 is 15.0 Å². The third-order valence-electron chi connectivity index (χ3n) is 5.23. The van der Waals surface area contributed by atoms with Crippen LogP contribution in [-0.4, -0.2) is 28.5 Å². The summed E-state index contributed by atoms with van der Waals surface area (Å²) in [5.41, 5.74) is 3.55. The number of aromatic nitrogens is 2. The number of hydrogen-bond donors (Lipinski definition) is 2. The van der Waals surface area contributed by atoms with Crippen molar-refractivity contribution in [2.24, 2.45) is 0 Å². The molecule has 156 valence electrons. The van der Waals surface area contributed by atoms with E-state index in [1.54, 1.807) is 36.7 Å². The van der Waals surface area contributed by atoms with Crippen LogP contribution in [0.25, 0.3) is 10.9 Å². The van der Waals surface area contributed by atoms with E-state index in [1.165, 1.54) is 6.07 Å². The molecule has 2 N–H and O–H groups in total. The average molecular weight is 420 g/mol. The molecule has 0 saturated carbocycles. The zero-order chi connectivity index (χ0) is 21.4. The Morgan fingerprint density at radius 1 is 1.06 bits per heavy atom. The number of anilines is 3. The number of alkyl halides is 2. The highest BCUT2D eigenvalue weighted by atomic mass is 19.3. The lowest BCUT2D eigenvalue weighted by Gasteiger charge is -2.33. The number of hydrogen-bond acceptors (Lipinski definition) is 4. The van der Waals surface area contributed by atoms with Crippen LogP contribution in [0.5, 0.6) is 5.75 Å². The molecule has 1 aliphatic heterocycles. The Hall–Kier alpha value is -3.94. The Labute approximate surface area is 176 Å². The Morgan fingerprint density at radius 2 is 1.87 bits per heavy atom. The number of ether oxygens (including phenoxy) is 1. The number of nitrogens with one attached hydrogen (secondary N) is 2. The molecule has 0 saturated heterocycles. The minimum Gasteiger partial charge on any atom is -0.423 e. The van der Waals surface area contributed by atoms with Crippen molar-refractivity contribution < 1.29 is 18.3 Å². The van der Waals surface area contributed by atoms with Crippen LogP contribution in [0.4, 0.5) is 25.8 Å². The third-order valence-corrected chi connectivity index (χ3v) is 5.23. The Balaban J connectivity index is 1.43. The molecular weight excluding hydrogens is 402 g/mol. The van der Waals surface area contributed by atoms with Crippen LogP contribution in [0.3, 0.4) is 0 Å². The molecule has 0 atom stereocenters. The molecule has 0 radical (unpaired) electrons. The van der Waals surface area contributed by atoms with Gasteiger partial charge in [0.15, 0.2) is 5.75 Å². The zero-order valence-corrected chi connectivity index (χ0v) is 16.3. The maximum Gasteiger partial charge on any atom is 0.482 e. The molecule has 8 heteroatoms. The van der Waals surface area contributed by atoms with Crippen molar-refractivity contribution in [3.05, 3.63) is 78.8 Å². The maximum atomic E-state index is 14.4. The van der Waals surface area contributed by atoms with Crippen molar-refractivity contribution in [3.63, 3.8) is 0 Å². The number of halogens is 2. The van der Waals surface area contributed by atoms with E-state index in [4.69, 9.17) is 4.74 Å². The van der Waals surface area contributed by atoms with Crippen LogP contribution in [0.2, 0.25) is 0 Å². The molecule has 2 aromatic heterocycles. The summed E-state index contributed by atoms with van der Waals surface area (Å²) in [4.78, 5) is 20.6. The summed E-state index contributed by atoms with van der Waals surface area (Å²) in [7, 11) is 0. The number of nitrogens with zero attached hydrogens (tertiary/aromatic N) is 2. The van der Waals surface area contributed by atoms with Crippen molar-refractivity contribution in [2.75, 3.05) is 16.8 Å². The molecule has 0 bridgehead atoms. The molecule has 0 aliphatic carbocycles. The Kier molecular flexibility index (Phi) is 4.54. The van der Waals surface area contributed by atoms with Gasteiger partial charge in [0.1, 0.15) is 0 Å². The average Bonchev–Trinajstić information content (AvgIpc) is 3.18. The quantitative estimate of drug-likeness (QED) is 0.483. The number of amides is 1. The van der Waals surface area contributed by atoms with E-state index >= 15 is 0 Å². The van der Waals surface area contributed by atoms with Crippen molar-refractivity contribution in [1.82, 2.24) is 9.97 Å². The van der Waals surface area contributed by atoms with E-state index in [2.05, 4.69) is 15.3 Å². The van der Waals surface area contributed by atoms with Gasteiger partial charge in [-0.3, -0.25) is 14.7 Å². The van der Waals surface area contributed by atoms with Gasteiger partial charge in [0.2, 0.25) is 0 Å². The normalized spacial score (nSPS) is 14.9. The zero-order valence-electron chi connectivity index (χ0n) is 16.3. The highest BCUT2D eigenvalue weighted by Crippen LogP contribution is 2.41. The molecule has 1 amide bonds. The van der Waals surface area contributed by atoms with Gasteiger partial charge >= 0.3 is 12.0 Å². The number of fused-ring (bicyclic) bond motifs is 2. The fourth-order valence-electron chi connectivity index (χ4n) is 3.74. The highest BCUT2D eigenvalue weighted by molar-refractivity contribution is 6.01. The lowest BCUT2D eigenvalue weighted by Crippen LogP contribution is -2.51. The van der Waals surface area contributed by atoms with Crippen molar-refractivity contribution in [2.45, 2.75) is 12.5 Å². The van der Waals surface area contributed by atoms with E-state index in [0.717, 1.165) is 27.1 Å². The fraction of sp³-hybridized carbons (Fsp3) is 0.130. The fourth-order valence-corrected chi connectivity index (χ4v) is 3.74. The number of aromatic amines is 1. The van der Waals surface area contributed by atoms with Gasteiger partial charge < -0.3 is 15.0 Å². The predicted molar refractivity (Wildman–Crippen MR) is 114 cm³/mol. The first-order chi connectivity index (χ1) is 15.0. The number of pyridine rings is 1. The van der Waals surface area contributed by atoms with Gasteiger partial charge in [-0.15, -0.1) is 0 Å². The highest BCUT2D eigenvalue weighted by Gasteiger charge is 2.50. The van der Waals surface area contributed by atoms with Crippen LogP contribution in [0.1, 0.15) is 5.56 Å². The number of carbonyl (C=O) groups is 1. The summed E-state index contributed by atoms with van der Waals surface area (Å²) in [6, 6.07) is 16.1. The summed E-state index contributed by atoms with van der Waals surface area (Å²) in [5, 5.41) is 4.12. The third kappa shape index (κ3) is 3.56. The molecule has 0 fully saturated rings. The van der Waals surface area contributed by atoms with E-state index in [-0.39, 0.29) is 12.3 Å². The Bertz CT molecular complexity index is 1260. The first-order valence-electron chi connectivity index (χ1n) is 9.76. The molecule has 0 unspecified atom stereocenters. The molecule has 2 aromatic carbocycles. The van der Waals surface area contributed by atoms with Crippen LogP contribution in [0, 0.1) is 0 Å². The lowest BCUT2D eigenvalue weighted by molar-refractivity contribution is -0.192. The second kappa shape index (κ2) is 7.39. The number of carbonyl (C=O) groups excluding carboxylic acids is 1. The summed E-state index contributed by atoms with van der Waals surface area (Å²) >= 11 is 0. The number of benzene rings is 2. The molecule has 4 aromatic rings. The van der Waals surface area contributed by atoms with Crippen LogP contribution >= 0.6 is 0 Å². The van der Waals surface area contributed by atoms with Gasteiger partial charge in [0, 0.05) is 53.5 Å².